The number of ether oxygens (including phenoxy) is 2. The number of carbonyl (C=O) groups excluding carboxylic acids is 2. The van der Waals surface area contributed by atoms with Gasteiger partial charge in [0.15, 0.2) is 11.6 Å². The summed E-state index contributed by atoms with van der Waals surface area (Å²) in [6.45, 7) is 7.12. The Morgan fingerprint density at radius 2 is 1.35 bits per heavy atom. The Bertz CT molecular complexity index is 2420. The van der Waals surface area contributed by atoms with Crippen LogP contribution < -0.4 is 9.47 Å². The molecule has 4 aromatic heterocycles. The lowest BCUT2D eigenvalue weighted by Crippen LogP contribution is -2.42. The highest BCUT2D eigenvalue weighted by Gasteiger charge is 2.32. The zero-order valence-corrected chi connectivity index (χ0v) is 33.3. The minimum atomic E-state index is -4.57. The van der Waals surface area contributed by atoms with Crippen molar-refractivity contribution in [2.45, 2.75) is 46.0 Å². The molecule has 13 nitrogen and oxygen atoms in total. The third-order valence-corrected chi connectivity index (χ3v) is 9.57. The fourth-order valence-electron chi connectivity index (χ4n) is 6.29. The van der Waals surface area contributed by atoms with Crippen LogP contribution in [-0.2, 0) is 6.18 Å². The Balaban J connectivity index is 1.25. The first kappa shape index (κ1) is 43.0. The molecule has 6 rings (SSSR count). The summed E-state index contributed by atoms with van der Waals surface area (Å²) < 4.78 is 81.9. The quantitative estimate of drug-likeness (QED) is 0.0934. The molecule has 19 heteroatoms. The number of carbonyl (C=O) groups is 2. The summed E-state index contributed by atoms with van der Waals surface area (Å²) in [6, 6.07) is 10.6. The third kappa shape index (κ3) is 9.65. The predicted molar refractivity (Wildman–Crippen MR) is 210 cm³/mol. The van der Waals surface area contributed by atoms with Gasteiger partial charge < -0.3 is 19.3 Å². The van der Waals surface area contributed by atoms with E-state index in [4.69, 9.17) is 21.1 Å². The van der Waals surface area contributed by atoms with E-state index in [1.807, 2.05) is 0 Å². The first-order valence-electron chi connectivity index (χ1n) is 18.5. The molecule has 0 aliphatic rings. The van der Waals surface area contributed by atoms with E-state index in [9.17, 15) is 22.8 Å². The standard InChI is InChI=1S/C41H37ClF5N9O4/c1-5-54(24(3)22-60-35-13-11-29(42)21-49-35)39(57)31-16-26(17-33(44)37(31)56-52-14-15-53-56)27-18-50-38(51-19-27)30-8-7-9-32(43)36(30)40(58)55(6-2)25(4)23-59-34-12-10-28(20-48-34)41(45,46)47/h7-21,24-25H,5-6,22-23H2,1-4H3/t24-,25-/m0/s1. The fourth-order valence-corrected chi connectivity index (χ4v) is 6.40. The van der Waals surface area contributed by atoms with Crippen LogP contribution in [0.1, 0.15) is 54.0 Å². The summed E-state index contributed by atoms with van der Waals surface area (Å²) in [7, 11) is 0. The zero-order chi connectivity index (χ0) is 43.1. The number of halogens is 6. The summed E-state index contributed by atoms with van der Waals surface area (Å²) in [5, 5.41) is 8.57. The van der Waals surface area contributed by atoms with Crippen molar-refractivity contribution in [1.82, 2.24) is 44.7 Å². The highest BCUT2D eigenvalue weighted by Crippen LogP contribution is 2.32. The van der Waals surface area contributed by atoms with Gasteiger partial charge in [-0.1, -0.05) is 23.7 Å². The molecule has 0 unspecified atom stereocenters. The molecule has 60 heavy (non-hydrogen) atoms. The van der Waals surface area contributed by atoms with Crippen LogP contribution in [0.25, 0.3) is 28.2 Å². The number of pyridine rings is 2. The molecule has 2 aromatic carbocycles. The summed E-state index contributed by atoms with van der Waals surface area (Å²) in [5.74, 6) is -2.72. The second-order valence-electron chi connectivity index (χ2n) is 13.3. The van der Waals surface area contributed by atoms with Gasteiger partial charge in [0, 0.05) is 61.1 Å². The van der Waals surface area contributed by atoms with E-state index in [0.717, 1.165) is 23.0 Å². The number of benzene rings is 2. The van der Waals surface area contributed by atoms with Crippen LogP contribution in [0.15, 0.2) is 91.8 Å². The van der Waals surface area contributed by atoms with E-state index >= 15 is 8.78 Å². The van der Waals surface area contributed by atoms with Gasteiger partial charge in [0.2, 0.25) is 11.8 Å². The van der Waals surface area contributed by atoms with Gasteiger partial charge in [-0.05, 0) is 63.6 Å². The lowest BCUT2D eigenvalue weighted by atomic mass is 10.0. The monoisotopic (exact) mass is 849 g/mol. The van der Waals surface area contributed by atoms with Crippen LogP contribution in [0.4, 0.5) is 22.0 Å². The molecule has 4 heterocycles. The van der Waals surface area contributed by atoms with Crippen LogP contribution in [0.3, 0.4) is 0 Å². The first-order chi connectivity index (χ1) is 28.7. The van der Waals surface area contributed by atoms with Crippen molar-refractivity contribution in [2.75, 3.05) is 26.3 Å². The number of alkyl halides is 3. The fraction of sp³-hybridized carbons (Fsp3) is 0.268. The van der Waals surface area contributed by atoms with E-state index < -0.39 is 47.3 Å². The second-order valence-corrected chi connectivity index (χ2v) is 13.8. The summed E-state index contributed by atoms with van der Waals surface area (Å²) in [5.41, 5.74) is -0.929. The van der Waals surface area contributed by atoms with Crippen molar-refractivity contribution in [3.05, 3.63) is 125 Å². The van der Waals surface area contributed by atoms with Gasteiger partial charge in [-0.15, -0.1) is 4.80 Å². The SMILES string of the molecule is CCN(C(=O)c1cc(-c2cnc(-c3cccc(F)c3C(=O)N(CC)[C@@H](C)COc3ccc(C(F)(F)F)cn3)nc2)cc(F)c1-n1nccn1)[C@@H](C)COc1ccc(Cl)cn1. The molecule has 2 amide bonds. The minimum Gasteiger partial charge on any atom is -0.475 e. The Hall–Kier alpha value is -6.56. The van der Waals surface area contributed by atoms with Crippen molar-refractivity contribution in [3.8, 4) is 40.0 Å². The molecule has 0 aliphatic carbocycles. The maximum absolute atomic E-state index is 16.1. The summed E-state index contributed by atoms with van der Waals surface area (Å²) in [6.07, 6.45) is 2.92. The van der Waals surface area contributed by atoms with Crippen LogP contribution in [0.2, 0.25) is 5.02 Å². The second kappa shape index (κ2) is 18.6. The molecular formula is C41H37ClF5N9O4. The normalized spacial score (nSPS) is 12.4. The third-order valence-electron chi connectivity index (χ3n) is 9.34. The Labute approximate surface area is 345 Å². The number of aromatic nitrogens is 7. The first-order valence-corrected chi connectivity index (χ1v) is 18.9. The number of likely N-dealkylation sites (N-methyl/N-ethyl adjacent to an activating group) is 2. The maximum Gasteiger partial charge on any atom is 0.417 e. The van der Waals surface area contributed by atoms with Crippen LogP contribution in [0.5, 0.6) is 11.8 Å². The van der Waals surface area contributed by atoms with Crippen molar-refractivity contribution >= 4 is 23.4 Å². The van der Waals surface area contributed by atoms with E-state index in [1.165, 1.54) is 65.0 Å². The molecule has 312 valence electrons. The molecule has 0 aliphatic heterocycles. The molecule has 0 N–H and O–H groups in total. The zero-order valence-electron chi connectivity index (χ0n) is 32.6. The van der Waals surface area contributed by atoms with Gasteiger partial charge >= 0.3 is 6.18 Å². The molecule has 0 saturated carbocycles. The van der Waals surface area contributed by atoms with Crippen LogP contribution in [-0.4, -0.2) is 94.9 Å². The highest BCUT2D eigenvalue weighted by molar-refractivity contribution is 6.30. The molecule has 2 atom stereocenters. The number of rotatable bonds is 15. The van der Waals surface area contributed by atoms with Gasteiger partial charge in [0.1, 0.15) is 24.7 Å². The highest BCUT2D eigenvalue weighted by atomic mass is 35.5. The van der Waals surface area contributed by atoms with Crippen molar-refractivity contribution in [1.29, 1.82) is 0 Å². The number of amides is 2. The van der Waals surface area contributed by atoms with Crippen LogP contribution >= 0.6 is 11.6 Å². The molecule has 0 bridgehead atoms. The van der Waals surface area contributed by atoms with Gasteiger partial charge in [0.25, 0.3) is 11.8 Å². The summed E-state index contributed by atoms with van der Waals surface area (Å²) in [4.78, 5) is 48.7. The van der Waals surface area contributed by atoms with E-state index in [0.29, 0.717) is 22.7 Å². The van der Waals surface area contributed by atoms with E-state index in [1.54, 1.807) is 39.8 Å². The lowest BCUT2D eigenvalue weighted by molar-refractivity contribution is -0.137. The van der Waals surface area contributed by atoms with Gasteiger partial charge in [-0.2, -0.15) is 23.4 Å². The molecule has 0 radical (unpaired) electrons. The van der Waals surface area contributed by atoms with Crippen molar-refractivity contribution < 1.29 is 41.0 Å². The van der Waals surface area contributed by atoms with Crippen molar-refractivity contribution in [3.63, 3.8) is 0 Å². The van der Waals surface area contributed by atoms with Crippen LogP contribution in [0, 0.1) is 11.6 Å². The lowest BCUT2D eigenvalue weighted by Gasteiger charge is -2.29. The number of hydrogen-bond acceptors (Lipinski definition) is 10. The van der Waals surface area contributed by atoms with E-state index in [2.05, 4.69) is 30.1 Å². The Morgan fingerprint density at radius 1 is 0.750 bits per heavy atom. The molecule has 6 aromatic rings. The summed E-state index contributed by atoms with van der Waals surface area (Å²) >= 11 is 5.93. The van der Waals surface area contributed by atoms with Crippen molar-refractivity contribution in [2.24, 2.45) is 0 Å². The molecule has 0 fully saturated rings. The Morgan fingerprint density at radius 3 is 1.90 bits per heavy atom. The average molecular weight is 850 g/mol. The topological polar surface area (TPSA) is 141 Å². The van der Waals surface area contributed by atoms with Gasteiger partial charge in [-0.3, -0.25) is 9.59 Å². The largest absolute Gasteiger partial charge is 0.475 e. The maximum atomic E-state index is 16.1. The average Bonchev–Trinajstić information content (AvgIpc) is 3.77. The smallest absolute Gasteiger partial charge is 0.417 e. The predicted octanol–water partition coefficient (Wildman–Crippen LogP) is 7.99. The number of nitrogens with zero attached hydrogens (tertiary/aromatic N) is 9. The molecule has 0 spiro atoms. The minimum absolute atomic E-state index is 0.0224. The van der Waals surface area contributed by atoms with E-state index in [-0.39, 0.29) is 65.9 Å². The van der Waals surface area contributed by atoms with Gasteiger partial charge in [0.05, 0.1) is 46.2 Å². The molecular weight excluding hydrogens is 813 g/mol. The Kier molecular flexibility index (Phi) is 13.3. The molecule has 0 saturated heterocycles. The number of hydrogen-bond donors (Lipinski definition) is 0. The van der Waals surface area contributed by atoms with Gasteiger partial charge in [-0.25, -0.2) is 28.7 Å².